The summed E-state index contributed by atoms with van der Waals surface area (Å²) in [5.74, 6) is 0.430. The first kappa shape index (κ1) is 13.2. The SMILES string of the molecule is C\C(C=O)=C/C=C/C=C(C)/C=C/C1C=CC=C1. The Hall–Kier alpha value is -1.89. The van der Waals surface area contributed by atoms with Crippen molar-refractivity contribution in [3.63, 3.8) is 0 Å². The lowest BCUT2D eigenvalue weighted by molar-refractivity contribution is -0.104. The molecule has 0 N–H and O–H groups in total. The topological polar surface area (TPSA) is 17.1 Å². The summed E-state index contributed by atoms with van der Waals surface area (Å²) in [6.45, 7) is 3.84. The molecular formula is C16H18O. The third-order valence-corrected chi connectivity index (χ3v) is 2.37. The van der Waals surface area contributed by atoms with E-state index in [4.69, 9.17) is 0 Å². The predicted molar refractivity (Wildman–Crippen MR) is 73.6 cm³/mol. The maximum absolute atomic E-state index is 10.3. The average Bonchev–Trinajstić information content (AvgIpc) is 2.84. The van der Waals surface area contributed by atoms with Gasteiger partial charge in [-0.05, 0) is 19.4 Å². The van der Waals surface area contributed by atoms with Gasteiger partial charge in [-0.3, -0.25) is 4.79 Å². The quantitative estimate of drug-likeness (QED) is 0.394. The minimum atomic E-state index is 0.430. The minimum Gasteiger partial charge on any atom is -0.298 e. The van der Waals surface area contributed by atoms with Crippen molar-refractivity contribution >= 4 is 6.29 Å². The van der Waals surface area contributed by atoms with Crippen LogP contribution in [0.25, 0.3) is 0 Å². The standard InChI is InChI=1S/C16H18O/c1-14(7-3-4-8-15(2)13-17)11-12-16-9-5-6-10-16/h3-13,16H,1-2H3/b4-3+,12-11+,14-7+,15-8+. The first-order valence-corrected chi connectivity index (χ1v) is 5.72. The summed E-state index contributed by atoms with van der Waals surface area (Å²) >= 11 is 0. The van der Waals surface area contributed by atoms with Gasteiger partial charge in [0.25, 0.3) is 0 Å². The highest BCUT2D eigenvalue weighted by Crippen LogP contribution is 2.11. The molecule has 0 radical (unpaired) electrons. The van der Waals surface area contributed by atoms with Crippen molar-refractivity contribution in [2.45, 2.75) is 13.8 Å². The van der Waals surface area contributed by atoms with Crippen LogP contribution in [0.5, 0.6) is 0 Å². The third kappa shape index (κ3) is 5.67. The van der Waals surface area contributed by atoms with Crippen LogP contribution < -0.4 is 0 Å². The lowest BCUT2D eigenvalue weighted by Gasteiger charge is -1.95. The number of allylic oxidation sites excluding steroid dienone is 12. The van der Waals surface area contributed by atoms with Gasteiger partial charge >= 0.3 is 0 Å². The van der Waals surface area contributed by atoms with Crippen LogP contribution in [0, 0.1) is 5.92 Å². The number of carbonyl (C=O) groups is 1. The molecule has 0 bridgehead atoms. The molecular weight excluding hydrogens is 208 g/mol. The van der Waals surface area contributed by atoms with Gasteiger partial charge in [-0.1, -0.05) is 66.3 Å². The van der Waals surface area contributed by atoms with E-state index >= 15 is 0 Å². The van der Waals surface area contributed by atoms with E-state index < -0.39 is 0 Å². The average molecular weight is 226 g/mol. The Morgan fingerprint density at radius 1 is 1.00 bits per heavy atom. The van der Waals surface area contributed by atoms with Crippen LogP contribution in [-0.2, 0) is 4.79 Å². The van der Waals surface area contributed by atoms with Gasteiger partial charge in [0, 0.05) is 5.92 Å². The molecule has 0 heterocycles. The number of carbonyl (C=O) groups excluding carboxylic acids is 1. The van der Waals surface area contributed by atoms with Gasteiger partial charge in [0.1, 0.15) is 6.29 Å². The summed E-state index contributed by atoms with van der Waals surface area (Å²) in [6.07, 6.45) is 21.1. The van der Waals surface area contributed by atoms with E-state index in [-0.39, 0.29) is 0 Å². The monoisotopic (exact) mass is 226 g/mol. The van der Waals surface area contributed by atoms with Crippen molar-refractivity contribution in [3.05, 3.63) is 71.9 Å². The summed E-state index contributed by atoms with van der Waals surface area (Å²) in [6, 6.07) is 0. The van der Waals surface area contributed by atoms with Gasteiger partial charge in [-0.15, -0.1) is 0 Å². The molecule has 1 heteroatoms. The summed E-state index contributed by atoms with van der Waals surface area (Å²) in [5.41, 5.74) is 1.91. The maximum Gasteiger partial charge on any atom is 0.145 e. The Kier molecular flexibility index (Phi) is 5.73. The molecule has 0 atom stereocenters. The number of hydrogen-bond acceptors (Lipinski definition) is 1. The number of aldehydes is 1. The second kappa shape index (κ2) is 7.39. The zero-order chi connectivity index (χ0) is 12.5. The van der Waals surface area contributed by atoms with E-state index in [2.05, 4.69) is 43.4 Å². The molecule has 0 aromatic heterocycles. The summed E-state index contributed by atoms with van der Waals surface area (Å²) in [7, 11) is 0. The first-order valence-electron chi connectivity index (χ1n) is 5.72. The molecule has 0 spiro atoms. The molecule has 0 fully saturated rings. The fraction of sp³-hybridized carbons (Fsp3) is 0.188. The second-order valence-electron chi connectivity index (χ2n) is 4.03. The molecule has 0 unspecified atom stereocenters. The van der Waals surface area contributed by atoms with Crippen LogP contribution in [0.2, 0.25) is 0 Å². The lowest BCUT2D eigenvalue weighted by Crippen LogP contribution is -1.80. The van der Waals surface area contributed by atoms with Crippen molar-refractivity contribution < 1.29 is 4.79 Å². The van der Waals surface area contributed by atoms with Crippen molar-refractivity contribution in [2.24, 2.45) is 5.92 Å². The molecule has 1 aliphatic rings. The van der Waals surface area contributed by atoms with Crippen LogP contribution >= 0.6 is 0 Å². The summed E-state index contributed by atoms with van der Waals surface area (Å²) < 4.78 is 0. The van der Waals surface area contributed by atoms with Crippen molar-refractivity contribution in [1.29, 1.82) is 0 Å². The smallest absolute Gasteiger partial charge is 0.145 e. The van der Waals surface area contributed by atoms with Crippen LogP contribution in [0.3, 0.4) is 0 Å². The predicted octanol–water partition coefficient (Wildman–Crippen LogP) is 3.93. The molecule has 1 nitrogen and oxygen atoms in total. The molecule has 17 heavy (non-hydrogen) atoms. The molecule has 0 saturated carbocycles. The Labute approximate surface area is 103 Å². The van der Waals surface area contributed by atoms with E-state index in [0.717, 1.165) is 11.9 Å². The van der Waals surface area contributed by atoms with Gasteiger partial charge in [-0.25, -0.2) is 0 Å². The highest BCUT2D eigenvalue weighted by Gasteiger charge is 1.96. The third-order valence-electron chi connectivity index (χ3n) is 2.37. The van der Waals surface area contributed by atoms with E-state index in [1.54, 1.807) is 13.0 Å². The minimum absolute atomic E-state index is 0.430. The number of hydrogen-bond donors (Lipinski definition) is 0. The zero-order valence-corrected chi connectivity index (χ0v) is 10.3. The van der Waals surface area contributed by atoms with Gasteiger partial charge in [-0.2, -0.15) is 0 Å². The van der Waals surface area contributed by atoms with Crippen molar-refractivity contribution in [1.82, 2.24) is 0 Å². The molecule has 0 aromatic carbocycles. The fourth-order valence-electron chi connectivity index (χ4n) is 1.35. The highest BCUT2D eigenvalue weighted by atomic mass is 16.1. The van der Waals surface area contributed by atoms with E-state index in [9.17, 15) is 4.79 Å². The van der Waals surface area contributed by atoms with Crippen LogP contribution in [0.4, 0.5) is 0 Å². The van der Waals surface area contributed by atoms with E-state index in [1.165, 1.54) is 5.57 Å². The van der Waals surface area contributed by atoms with Crippen LogP contribution in [0.15, 0.2) is 71.9 Å². The molecule has 1 rings (SSSR count). The van der Waals surface area contributed by atoms with E-state index in [1.807, 2.05) is 18.2 Å². The molecule has 0 saturated heterocycles. The molecule has 1 aliphatic carbocycles. The van der Waals surface area contributed by atoms with Crippen LogP contribution in [0.1, 0.15) is 13.8 Å². The van der Waals surface area contributed by atoms with Gasteiger partial charge < -0.3 is 0 Å². The Bertz CT molecular complexity index is 416. The van der Waals surface area contributed by atoms with Gasteiger partial charge in [0.2, 0.25) is 0 Å². The van der Waals surface area contributed by atoms with Crippen molar-refractivity contribution in [3.8, 4) is 0 Å². The lowest BCUT2D eigenvalue weighted by atomic mass is 10.1. The van der Waals surface area contributed by atoms with Crippen LogP contribution in [-0.4, -0.2) is 6.29 Å². The van der Waals surface area contributed by atoms with Gasteiger partial charge in [0.05, 0.1) is 0 Å². The zero-order valence-electron chi connectivity index (χ0n) is 10.3. The Morgan fingerprint density at radius 2 is 1.59 bits per heavy atom. The normalized spacial score (nSPS) is 17.8. The highest BCUT2D eigenvalue weighted by molar-refractivity contribution is 5.72. The van der Waals surface area contributed by atoms with Gasteiger partial charge in [0.15, 0.2) is 0 Å². The van der Waals surface area contributed by atoms with E-state index in [0.29, 0.717) is 5.92 Å². The van der Waals surface area contributed by atoms with Crippen molar-refractivity contribution in [2.75, 3.05) is 0 Å². The Morgan fingerprint density at radius 3 is 2.18 bits per heavy atom. The second-order valence-corrected chi connectivity index (χ2v) is 4.03. The maximum atomic E-state index is 10.3. The number of rotatable bonds is 5. The molecule has 0 aliphatic heterocycles. The fourth-order valence-corrected chi connectivity index (χ4v) is 1.35. The largest absolute Gasteiger partial charge is 0.298 e. The summed E-state index contributed by atoms with van der Waals surface area (Å²) in [5, 5.41) is 0. The molecule has 88 valence electrons. The molecule has 0 amide bonds. The summed E-state index contributed by atoms with van der Waals surface area (Å²) in [4.78, 5) is 10.3. The Balaban J connectivity index is 2.46. The molecule has 0 aromatic rings. The first-order chi connectivity index (χ1) is 8.22.